The van der Waals surface area contributed by atoms with Crippen molar-refractivity contribution in [2.45, 2.75) is 36.6 Å². The lowest BCUT2D eigenvalue weighted by Gasteiger charge is -2.17. The van der Waals surface area contributed by atoms with Gasteiger partial charge in [0.05, 0.1) is 6.33 Å². The van der Waals surface area contributed by atoms with E-state index in [1.54, 1.807) is 0 Å². The highest BCUT2D eigenvalue weighted by molar-refractivity contribution is 7.98. The van der Waals surface area contributed by atoms with E-state index < -0.39 is 18.1 Å². The number of amides is 1. The lowest BCUT2D eigenvalue weighted by molar-refractivity contribution is -0.138. The number of carboxylic acid groups (broad SMARTS) is 1. The second-order valence-electron chi connectivity index (χ2n) is 8.40. The first-order valence-corrected chi connectivity index (χ1v) is 12.2. The number of hydrogen-bond donors (Lipinski definition) is 2. The number of carboxylic acids is 1. The molecule has 0 aliphatic heterocycles. The highest BCUT2D eigenvalue weighted by Crippen LogP contribution is 2.44. The topological polar surface area (TPSA) is 93.5 Å². The molecule has 2 aliphatic carbocycles. The summed E-state index contributed by atoms with van der Waals surface area (Å²) in [5, 5.41) is 12.1. The van der Waals surface area contributed by atoms with Gasteiger partial charge in [0.1, 0.15) is 12.6 Å². The maximum Gasteiger partial charge on any atom is 0.407 e. The third-order valence-corrected chi connectivity index (χ3v) is 7.22. The lowest BCUT2D eigenvalue weighted by atomic mass is 9.98. The van der Waals surface area contributed by atoms with Gasteiger partial charge in [0, 0.05) is 35.4 Å². The van der Waals surface area contributed by atoms with Crippen LogP contribution < -0.4 is 5.32 Å². The Kier molecular flexibility index (Phi) is 6.09. The van der Waals surface area contributed by atoms with Gasteiger partial charge in [-0.25, -0.2) is 14.6 Å². The van der Waals surface area contributed by atoms with E-state index in [0.29, 0.717) is 11.8 Å². The standard InChI is InChI=1S/C25H25N3O4S/c29-24(30)23(14-33-13-17-11-26-15-28(17)16-9-10-16)27-25(31)32-12-22-20-7-3-1-5-18(20)19-6-2-4-8-21(19)22/h1-8,11,15-16,22-23H,9-10,12-14H2,(H,27,31)(H,29,30). The largest absolute Gasteiger partial charge is 0.480 e. The minimum atomic E-state index is -1.08. The zero-order chi connectivity index (χ0) is 22.8. The van der Waals surface area contributed by atoms with Gasteiger partial charge in [0.2, 0.25) is 0 Å². The predicted molar refractivity (Wildman–Crippen MR) is 126 cm³/mol. The van der Waals surface area contributed by atoms with Crippen molar-refractivity contribution >= 4 is 23.8 Å². The fraction of sp³-hybridized carbons (Fsp3) is 0.320. The number of rotatable bonds is 9. The minimum Gasteiger partial charge on any atom is -0.480 e. The molecule has 2 N–H and O–H groups in total. The Morgan fingerprint density at radius 1 is 1.12 bits per heavy atom. The monoisotopic (exact) mass is 463 g/mol. The zero-order valence-corrected chi connectivity index (χ0v) is 18.8. The molecule has 1 fully saturated rings. The average molecular weight is 464 g/mol. The minimum absolute atomic E-state index is 0.0662. The Morgan fingerprint density at radius 3 is 2.42 bits per heavy atom. The number of thioether (sulfide) groups is 1. The second kappa shape index (κ2) is 9.31. The fourth-order valence-corrected chi connectivity index (χ4v) is 5.38. The molecule has 3 aromatic rings. The smallest absolute Gasteiger partial charge is 0.407 e. The molecule has 0 spiro atoms. The van der Waals surface area contributed by atoms with Gasteiger partial charge in [-0.2, -0.15) is 11.8 Å². The Bertz CT molecular complexity index is 1130. The van der Waals surface area contributed by atoms with Crippen LogP contribution in [0.1, 0.15) is 41.6 Å². The van der Waals surface area contributed by atoms with Crippen LogP contribution in [0.3, 0.4) is 0 Å². The Labute approximate surface area is 196 Å². The molecule has 0 radical (unpaired) electrons. The molecule has 5 rings (SSSR count). The first-order valence-electron chi connectivity index (χ1n) is 11.0. The number of alkyl carbamates (subject to hydrolysis) is 1. The van der Waals surface area contributed by atoms with Gasteiger partial charge in [0.25, 0.3) is 0 Å². The van der Waals surface area contributed by atoms with Crippen LogP contribution in [0.15, 0.2) is 61.1 Å². The maximum absolute atomic E-state index is 12.5. The van der Waals surface area contributed by atoms with Crippen molar-refractivity contribution < 1.29 is 19.4 Å². The van der Waals surface area contributed by atoms with Gasteiger partial charge >= 0.3 is 12.1 Å². The molecule has 1 amide bonds. The molecule has 1 heterocycles. The molecular formula is C25H25N3O4S. The summed E-state index contributed by atoms with van der Waals surface area (Å²) < 4.78 is 7.65. The number of fused-ring (bicyclic) bond motifs is 3. The van der Waals surface area contributed by atoms with Crippen molar-refractivity contribution in [3.8, 4) is 11.1 Å². The normalized spacial score (nSPS) is 15.5. The summed E-state index contributed by atoms with van der Waals surface area (Å²) in [6.07, 6.45) is 5.26. The summed E-state index contributed by atoms with van der Waals surface area (Å²) in [5.41, 5.74) is 5.60. The summed E-state index contributed by atoms with van der Waals surface area (Å²) in [7, 11) is 0. The van der Waals surface area contributed by atoms with Crippen LogP contribution in [0.25, 0.3) is 11.1 Å². The van der Waals surface area contributed by atoms with Crippen LogP contribution in [0.5, 0.6) is 0 Å². The van der Waals surface area contributed by atoms with Crippen molar-refractivity contribution in [2.24, 2.45) is 0 Å². The van der Waals surface area contributed by atoms with E-state index in [0.717, 1.165) is 40.8 Å². The number of ether oxygens (including phenoxy) is 1. The number of nitrogens with zero attached hydrogens (tertiary/aromatic N) is 2. The number of benzene rings is 2. The number of hydrogen-bond acceptors (Lipinski definition) is 5. The molecule has 1 unspecified atom stereocenters. The SMILES string of the molecule is O=C(NC(CSCc1cncn1C1CC1)C(=O)O)OCC1c2ccccc2-c2ccccc21. The lowest BCUT2D eigenvalue weighted by Crippen LogP contribution is -2.43. The van der Waals surface area contributed by atoms with Crippen LogP contribution in [0.2, 0.25) is 0 Å². The molecule has 8 heteroatoms. The van der Waals surface area contributed by atoms with Gasteiger partial charge in [-0.1, -0.05) is 48.5 Å². The summed E-state index contributed by atoms with van der Waals surface area (Å²) in [6, 6.07) is 15.7. The van der Waals surface area contributed by atoms with Gasteiger partial charge < -0.3 is 19.7 Å². The Hall–Kier alpha value is -3.26. The van der Waals surface area contributed by atoms with Crippen LogP contribution in [-0.4, -0.2) is 45.1 Å². The molecule has 2 aromatic carbocycles. The summed E-state index contributed by atoms with van der Waals surface area (Å²) in [4.78, 5) is 28.4. The molecule has 7 nitrogen and oxygen atoms in total. The Balaban J connectivity index is 1.16. The van der Waals surface area contributed by atoms with Crippen molar-refractivity contribution in [1.29, 1.82) is 0 Å². The van der Waals surface area contributed by atoms with Crippen molar-refractivity contribution in [3.63, 3.8) is 0 Å². The number of carbonyl (C=O) groups is 2. The molecule has 2 aliphatic rings. The van der Waals surface area contributed by atoms with Gasteiger partial charge in [-0.05, 0) is 35.1 Å². The van der Waals surface area contributed by atoms with Crippen LogP contribution in [-0.2, 0) is 15.3 Å². The van der Waals surface area contributed by atoms with E-state index in [4.69, 9.17) is 4.74 Å². The molecule has 0 saturated heterocycles. The average Bonchev–Trinajstić information content (AvgIpc) is 3.47. The third-order valence-electron chi connectivity index (χ3n) is 6.15. The first kappa shape index (κ1) is 21.6. The van der Waals surface area contributed by atoms with Crippen molar-refractivity contribution in [1.82, 2.24) is 14.9 Å². The van der Waals surface area contributed by atoms with Crippen LogP contribution in [0.4, 0.5) is 4.79 Å². The van der Waals surface area contributed by atoms with E-state index in [2.05, 4.69) is 27.0 Å². The maximum atomic E-state index is 12.5. The summed E-state index contributed by atoms with van der Waals surface area (Å²) in [5.74, 6) is -0.252. The van der Waals surface area contributed by atoms with Gasteiger partial charge in [0.15, 0.2) is 0 Å². The summed E-state index contributed by atoms with van der Waals surface area (Å²) in [6.45, 7) is 0.153. The van der Waals surface area contributed by atoms with Gasteiger partial charge in [-0.3, -0.25) is 0 Å². The number of aromatic nitrogens is 2. The Morgan fingerprint density at radius 2 is 1.79 bits per heavy atom. The van der Waals surface area contributed by atoms with Gasteiger partial charge in [-0.15, -0.1) is 0 Å². The molecular weight excluding hydrogens is 438 g/mol. The van der Waals surface area contributed by atoms with Crippen molar-refractivity contribution in [2.75, 3.05) is 12.4 Å². The van der Waals surface area contributed by atoms with E-state index in [-0.39, 0.29) is 18.3 Å². The quantitative estimate of drug-likeness (QED) is 0.487. The van der Waals surface area contributed by atoms with Crippen LogP contribution in [0, 0.1) is 0 Å². The van der Waals surface area contributed by atoms with E-state index in [1.807, 2.05) is 48.9 Å². The highest BCUT2D eigenvalue weighted by atomic mass is 32.2. The molecule has 0 bridgehead atoms. The summed E-state index contributed by atoms with van der Waals surface area (Å²) >= 11 is 1.46. The molecule has 170 valence electrons. The second-order valence-corrected chi connectivity index (χ2v) is 9.43. The number of carbonyl (C=O) groups excluding carboxylic acids is 1. The first-order chi connectivity index (χ1) is 16.1. The third kappa shape index (κ3) is 4.61. The van der Waals surface area contributed by atoms with Crippen molar-refractivity contribution in [3.05, 3.63) is 77.9 Å². The number of aliphatic carboxylic acids is 1. The van der Waals surface area contributed by atoms with E-state index in [9.17, 15) is 14.7 Å². The highest BCUT2D eigenvalue weighted by Gasteiger charge is 2.30. The fourth-order valence-electron chi connectivity index (χ4n) is 4.36. The zero-order valence-electron chi connectivity index (χ0n) is 18.0. The molecule has 1 aromatic heterocycles. The molecule has 1 saturated carbocycles. The molecule has 1 atom stereocenters. The molecule has 33 heavy (non-hydrogen) atoms. The number of nitrogens with one attached hydrogen (secondary N) is 1. The van der Waals surface area contributed by atoms with Crippen LogP contribution >= 0.6 is 11.8 Å². The predicted octanol–water partition coefficient (Wildman–Crippen LogP) is 4.44. The van der Waals surface area contributed by atoms with E-state index in [1.165, 1.54) is 11.8 Å². The number of imidazole rings is 1. The van der Waals surface area contributed by atoms with E-state index >= 15 is 0 Å².